The van der Waals surface area contributed by atoms with Gasteiger partial charge in [0, 0.05) is 30.2 Å². The highest BCUT2D eigenvalue weighted by Crippen LogP contribution is 2.31. The van der Waals surface area contributed by atoms with Gasteiger partial charge in [0.1, 0.15) is 16.5 Å². The zero-order valence-electron chi connectivity index (χ0n) is 13.7. The third-order valence-corrected chi connectivity index (χ3v) is 6.84. The van der Waals surface area contributed by atoms with Crippen molar-refractivity contribution in [3.05, 3.63) is 59.3 Å². The third-order valence-electron chi connectivity index (χ3n) is 4.67. The first-order chi connectivity index (χ1) is 12.5. The maximum atomic E-state index is 14.1. The average molecular weight is 395 g/mol. The van der Waals surface area contributed by atoms with Crippen molar-refractivity contribution < 1.29 is 12.8 Å². The maximum Gasteiger partial charge on any atom is 0.245 e. The highest BCUT2D eigenvalue weighted by Gasteiger charge is 2.33. The molecule has 26 heavy (non-hydrogen) atoms. The van der Waals surface area contributed by atoms with Crippen molar-refractivity contribution in [2.24, 2.45) is 0 Å². The van der Waals surface area contributed by atoms with Gasteiger partial charge in [0.25, 0.3) is 0 Å². The van der Waals surface area contributed by atoms with Gasteiger partial charge in [-0.25, -0.2) is 12.8 Å². The smallest absolute Gasteiger partial charge is 0.245 e. The monoisotopic (exact) mass is 394 g/mol. The second-order valence-electron chi connectivity index (χ2n) is 6.24. The van der Waals surface area contributed by atoms with Crippen LogP contribution in [0.15, 0.2) is 47.5 Å². The number of piperidine rings is 1. The normalized spacial score (nSPS) is 17.0. The molecule has 0 amide bonds. The van der Waals surface area contributed by atoms with Crippen LogP contribution in [0.3, 0.4) is 0 Å². The number of fused-ring (bicyclic) bond motifs is 1. The Hall–Kier alpha value is -2.03. The van der Waals surface area contributed by atoms with E-state index in [2.05, 4.69) is 10.2 Å². The Bertz CT molecular complexity index is 1060. The van der Waals surface area contributed by atoms with Gasteiger partial charge in [-0.3, -0.25) is 4.40 Å². The van der Waals surface area contributed by atoms with E-state index in [0.717, 1.165) is 17.5 Å². The summed E-state index contributed by atoms with van der Waals surface area (Å²) in [5.74, 6) is 0.104. The minimum atomic E-state index is -3.89. The van der Waals surface area contributed by atoms with Gasteiger partial charge in [-0.2, -0.15) is 4.31 Å². The predicted octanol–water partition coefficient (Wildman–Crippen LogP) is 3.09. The molecule has 1 aromatic carbocycles. The van der Waals surface area contributed by atoms with Gasteiger partial charge in [0.05, 0.1) is 0 Å². The molecule has 136 valence electrons. The van der Waals surface area contributed by atoms with E-state index in [9.17, 15) is 12.8 Å². The Morgan fingerprint density at radius 3 is 2.62 bits per heavy atom. The van der Waals surface area contributed by atoms with Crippen molar-refractivity contribution in [1.29, 1.82) is 0 Å². The van der Waals surface area contributed by atoms with E-state index in [1.807, 2.05) is 28.8 Å². The Morgan fingerprint density at radius 1 is 1.12 bits per heavy atom. The van der Waals surface area contributed by atoms with Gasteiger partial charge in [0.2, 0.25) is 10.0 Å². The van der Waals surface area contributed by atoms with E-state index in [1.165, 1.54) is 16.4 Å². The first-order valence-electron chi connectivity index (χ1n) is 8.21. The number of rotatable bonds is 3. The van der Waals surface area contributed by atoms with Crippen LogP contribution < -0.4 is 0 Å². The number of pyridine rings is 1. The third kappa shape index (κ3) is 2.98. The summed E-state index contributed by atoms with van der Waals surface area (Å²) in [4.78, 5) is -0.340. The van der Waals surface area contributed by atoms with Crippen molar-refractivity contribution in [3.63, 3.8) is 0 Å². The van der Waals surface area contributed by atoms with Gasteiger partial charge in [-0.05, 0) is 43.2 Å². The molecule has 2 aromatic heterocycles. The quantitative estimate of drug-likeness (QED) is 0.684. The fourth-order valence-corrected chi connectivity index (χ4v) is 4.99. The zero-order chi connectivity index (χ0) is 18.3. The van der Waals surface area contributed by atoms with Crippen molar-refractivity contribution in [2.75, 3.05) is 13.1 Å². The molecule has 9 heteroatoms. The second kappa shape index (κ2) is 6.61. The number of halogens is 2. The molecule has 0 saturated carbocycles. The lowest BCUT2D eigenvalue weighted by molar-refractivity contribution is 0.311. The van der Waals surface area contributed by atoms with E-state index in [-0.39, 0.29) is 15.8 Å². The van der Waals surface area contributed by atoms with Crippen LogP contribution in [0.25, 0.3) is 5.65 Å². The minimum absolute atomic E-state index is 0.105. The van der Waals surface area contributed by atoms with Crippen LogP contribution in [0.5, 0.6) is 0 Å². The Kier molecular flexibility index (Phi) is 4.42. The summed E-state index contributed by atoms with van der Waals surface area (Å²) >= 11 is 5.71. The highest BCUT2D eigenvalue weighted by atomic mass is 35.5. The molecule has 4 rings (SSSR count). The Morgan fingerprint density at radius 2 is 1.88 bits per heavy atom. The molecule has 1 fully saturated rings. The average Bonchev–Trinajstić information content (AvgIpc) is 3.05. The van der Waals surface area contributed by atoms with Crippen molar-refractivity contribution >= 4 is 27.3 Å². The van der Waals surface area contributed by atoms with Crippen LogP contribution in [0, 0.1) is 5.82 Å². The van der Waals surface area contributed by atoms with Crippen LogP contribution >= 0.6 is 11.6 Å². The first kappa shape index (κ1) is 17.4. The van der Waals surface area contributed by atoms with Crippen LogP contribution in [0.4, 0.5) is 4.39 Å². The summed E-state index contributed by atoms with van der Waals surface area (Å²) in [6.07, 6.45) is 3.10. The summed E-state index contributed by atoms with van der Waals surface area (Å²) in [6.45, 7) is 0.605. The molecule has 6 nitrogen and oxygen atoms in total. The molecule has 0 aliphatic carbocycles. The highest BCUT2D eigenvalue weighted by molar-refractivity contribution is 7.89. The Labute approximate surface area is 155 Å². The molecule has 3 heterocycles. The summed E-state index contributed by atoms with van der Waals surface area (Å²) in [5.41, 5.74) is 0.765. The van der Waals surface area contributed by atoms with Crippen molar-refractivity contribution in [2.45, 2.75) is 23.7 Å². The lowest BCUT2D eigenvalue weighted by Crippen LogP contribution is -2.38. The first-order valence-corrected chi connectivity index (χ1v) is 10.0. The molecule has 1 saturated heterocycles. The summed E-state index contributed by atoms with van der Waals surface area (Å²) < 4.78 is 42.8. The molecule has 1 aliphatic heterocycles. The van der Waals surface area contributed by atoms with E-state index in [1.54, 1.807) is 0 Å². The summed E-state index contributed by atoms with van der Waals surface area (Å²) in [6, 6.07) is 9.28. The molecule has 3 aromatic rings. The van der Waals surface area contributed by atoms with Crippen LogP contribution in [0.2, 0.25) is 5.02 Å². The number of aromatic nitrogens is 3. The fraction of sp³-hybridized carbons (Fsp3) is 0.294. The minimum Gasteiger partial charge on any atom is -0.286 e. The molecular formula is C17H16ClFN4O2S. The molecular weight excluding hydrogens is 379 g/mol. The molecule has 0 radical (unpaired) electrons. The van der Waals surface area contributed by atoms with E-state index < -0.39 is 15.8 Å². The SMILES string of the molecule is O=S(=O)(c1ccc(Cl)cc1F)N1CCC(c2nnc3ccccn23)CC1. The van der Waals surface area contributed by atoms with Crippen molar-refractivity contribution in [3.8, 4) is 0 Å². The number of hydrogen-bond acceptors (Lipinski definition) is 4. The van der Waals surface area contributed by atoms with Gasteiger partial charge in [-0.15, -0.1) is 10.2 Å². The Balaban J connectivity index is 1.54. The van der Waals surface area contributed by atoms with E-state index in [0.29, 0.717) is 25.9 Å². The van der Waals surface area contributed by atoms with Crippen LogP contribution in [0.1, 0.15) is 24.6 Å². The number of hydrogen-bond donors (Lipinski definition) is 0. The van der Waals surface area contributed by atoms with E-state index in [4.69, 9.17) is 11.6 Å². The maximum absolute atomic E-state index is 14.1. The second-order valence-corrected chi connectivity index (χ2v) is 8.58. The van der Waals surface area contributed by atoms with Crippen molar-refractivity contribution in [1.82, 2.24) is 18.9 Å². The number of sulfonamides is 1. The van der Waals surface area contributed by atoms with Crippen LogP contribution in [-0.2, 0) is 10.0 Å². The standard InChI is InChI=1S/C17H16ClFN4O2S/c18-13-4-5-15(14(19)11-13)26(24,25)22-9-6-12(7-10-22)17-21-20-16-3-1-2-8-23(16)17/h1-5,8,11-12H,6-7,9-10H2. The largest absolute Gasteiger partial charge is 0.286 e. The fourth-order valence-electron chi connectivity index (χ4n) is 3.32. The lowest BCUT2D eigenvalue weighted by atomic mass is 9.97. The van der Waals surface area contributed by atoms with Gasteiger partial charge >= 0.3 is 0 Å². The summed E-state index contributed by atoms with van der Waals surface area (Å²) in [7, 11) is -3.89. The molecule has 0 unspecified atom stereocenters. The number of nitrogens with zero attached hydrogens (tertiary/aromatic N) is 4. The lowest BCUT2D eigenvalue weighted by Gasteiger charge is -2.30. The molecule has 0 N–H and O–H groups in total. The topological polar surface area (TPSA) is 67.6 Å². The number of benzene rings is 1. The van der Waals surface area contributed by atoms with Gasteiger partial charge in [0.15, 0.2) is 5.65 Å². The van der Waals surface area contributed by atoms with Gasteiger partial charge in [-0.1, -0.05) is 17.7 Å². The van der Waals surface area contributed by atoms with E-state index >= 15 is 0 Å². The zero-order valence-corrected chi connectivity index (χ0v) is 15.3. The molecule has 1 aliphatic rings. The van der Waals surface area contributed by atoms with Crippen LogP contribution in [-0.4, -0.2) is 40.4 Å². The summed E-state index contributed by atoms with van der Waals surface area (Å²) in [5, 5.41) is 8.57. The molecule has 0 spiro atoms. The van der Waals surface area contributed by atoms with Gasteiger partial charge < -0.3 is 0 Å². The predicted molar refractivity (Wildman–Crippen MR) is 95.1 cm³/mol. The molecule has 0 atom stereocenters. The molecule has 0 bridgehead atoms.